The number of fused-ring (bicyclic) bond motifs is 6. The van der Waals surface area contributed by atoms with E-state index >= 15 is 0 Å². The second kappa shape index (κ2) is 4.34. The van der Waals surface area contributed by atoms with E-state index in [4.69, 9.17) is 0 Å². The van der Waals surface area contributed by atoms with Gasteiger partial charge in [-0.05, 0) is 56.0 Å². The SMILES string of the molecule is Cc1cc(C)c2c(c1)N1Cc3c(C)cc(C)cc3[N@@+]([O-])(C2)C1. The van der Waals surface area contributed by atoms with E-state index in [0.717, 1.165) is 12.2 Å². The molecule has 3 nitrogen and oxygen atoms in total. The van der Waals surface area contributed by atoms with Gasteiger partial charge < -0.3 is 14.8 Å². The lowest BCUT2D eigenvalue weighted by molar-refractivity contribution is 0.321. The Bertz CT molecular complexity index is 797. The first-order valence-electron chi connectivity index (χ1n) is 7.91. The summed E-state index contributed by atoms with van der Waals surface area (Å²) in [5.74, 6) is 0. The van der Waals surface area contributed by atoms with E-state index in [-0.39, 0.29) is 4.65 Å². The second-order valence-electron chi connectivity index (χ2n) is 7.05. The standard InChI is InChI=1S/C19H22N2O/c1-12-5-15(4)17-10-21(22)11-20(18(17)7-12)9-16-14(3)6-13(2)8-19(16)21/h5-8H,9-11H2,1-4H3/t21-/m1/s1. The Morgan fingerprint density at radius 2 is 1.55 bits per heavy atom. The van der Waals surface area contributed by atoms with Crippen LogP contribution < -0.4 is 9.55 Å². The van der Waals surface area contributed by atoms with Gasteiger partial charge in [0.2, 0.25) is 0 Å². The maximum absolute atomic E-state index is 13.6. The summed E-state index contributed by atoms with van der Waals surface area (Å²) in [5, 5.41) is 13.6. The first kappa shape index (κ1) is 13.8. The molecular formula is C19H22N2O. The minimum Gasteiger partial charge on any atom is -0.626 e. The molecule has 2 aliphatic heterocycles. The van der Waals surface area contributed by atoms with Gasteiger partial charge in [0.1, 0.15) is 12.2 Å². The van der Waals surface area contributed by atoms with Gasteiger partial charge in [0.05, 0.1) is 12.2 Å². The third-order valence-corrected chi connectivity index (χ3v) is 5.13. The number of benzene rings is 2. The van der Waals surface area contributed by atoms with Crippen molar-refractivity contribution in [2.45, 2.75) is 40.8 Å². The molecule has 0 unspecified atom stereocenters. The van der Waals surface area contributed by atoms with Crippen molar-refractivity contribution >= 4 is 11.4 Å². The van der Waals surface area contributed by atoms with Crippen LogP contribution in [-0.2, 0) is 13.1 Å². The number of quaternary nitrogens is 1. The fraction of sp³-hybridized carbons (Fsp3) is 0.368. The first-order valence-corrected chi connectivity index (χ1v) is 7.91. The number of aryl methyl sites for hydroxylation is 4. The molecule has 0 spiro atoms. The van der Waals surface area contributed by atoms with E-state index in [9.17, 15) is 5.21 Å². The van der Waals surface area contributed by atoms with Gasteiger partial charge in [-0.2, -0.15) is 0 Å². The van der Waals surface area contributed by atoms with Crippen LogP contribution in [0.25, 0.3) is 0 Å². The number of hydrogen-bond acceptors (Lipinski definition) is 2. The molecule has 2 aromatic rings. The highest BCUT2D eigenvalue weighted by molar-refractivity contribution is 5.69. The molecule has 1 atom stereocenters. The van der Waals surface area contributed by atoms with Gasteiger partial charge in [-0.15, -0.1) is 0 Å². The zero-order chi connectivity index (χ0) is 15.6. The molecule has 2 bridgehead atoms. The van der Waals surface area contributed by atoms with Crippen molar-refractivity contribution < 1.29 is 0 Å². The lowest BCUT2D eigenvalue weighted by Crippen LogP contribution is -2.57. The number of rotatable bonds is 0. The predicted octanol–water partition coefficient (Wildman–Crippen LogP) is 4.22. The van der Waals surface area contributed by atoms with Crippen LogP contribution in [0.2, 0.25) is 0 Å². The Morgan fingerprint density at radius 1 is 0.909 bits per heavy atom. The minimum atomic E-state index is -0.241. The predicted molar refractivity (Wildman–Crippen MR) is 91.7 cm³/mol. The summed E-state index contributed by atoms with van der Waals surface area (Å²) in [5.41, 5.74) is 9.61. The van der Waals surface area contributed by atoms with Gasteiger partial charge in [0.25, 0.3) is 0 Å². The lowest BCUT2D eigenvalue weighted by atomic mass is 9.93. The topological polar surface area (TPSA) is 26.3 Å². The van der Waals surface area contributed by atoms with Crippen LogP contribution in [-0.4, -0.2) is 6.67 Å². The molecule has 0 radical (unpaired) electrons. The van der Waals surface area contributed by atoms with Crippen LogP contribution in [0.5, 0.6) is 0 Å². The summed E-state index contributed by atoms with van der Waals surface area (Å²) in [4.78, 5) is 2.27. The summed E-state index contributed by atoms with van der Waals surface area (Å²) in [6, 6.07) is 8.72. The van der Waals surface area contributed by atoms with Crippen molar-refractivity contribution in [3.63, 3.8) is 0 Å². The quantitative estimate of drug-likeness (QED) is 0.537. The van der Waals surface area contributed by atoms with Crippen molar-refractivity contribution in [3.8, 4) is 0 Å². The van der Waals surface area contributed by atoms with Crippen LogP contribution in [0.1, 0.15) is 33.4 Å². The molecule has 0 aromatic heterocycles. The number of anilines is 1. The molecule has 22 heavy (non-hydrogen) atoms. The molecule has 0 saturated heterocycles. The van der Waals surface area contributed by atoms with E-state index in [2.05, 4.69) is 56.9 Å². The third kappa shape index (κ3) is 1.82. The zero-order valence-electron chi connectivity index (χ0n) is 13.7. The molecule has 3 heteroatoms. The molecule has 0 fully saturated rings. The fourth-order valence-corrected chi connectivity index (χ4v) is 4.15. The Morgan fingerprint density at radius 3 is 2.27 bits per heavy atom. The van der Waals surface area contributed by atoms with E-state index in [1.165, 1.54) is 39.1 Å². The van der Waals surface area contributed by atoms with Crippen molar-refractivity contribution in [1.82, 2.24) is 4.65 Å². The lowest BCUT2D eigenvalue weighted by Gasteiger charge is -2.54. The van der Waals surface area contributed by atoms with Crippen molar-refractivity contribution in [1.29, 1.82) is 0 Å². The maximum atomic E-state index is 13.6. The first-order chi connectivity index (χ1) is 10.4. The van der Waals surface area contributed by atoms with Gasteiger partial charge in [0.15, 0.2) is 6.67 Å². The van der Waals surface area contributed by atoms with Gasteiger partial charge in [-0.3, -0.25) is 0 Å². The van der Waals surface area contributed by atoms with Crippen LogP contribution in [0.4, 0.5) is 11.4 Å². The van der Waals surface area contributed by atoms with Crippen LogP contribution in [0.15, 0.2) is 24.3 Å². The molecule has 0 amide bonds. The molecule has 2 aromatic carbocycles. The molecule has 114 valence electrons. The van der Waals surface area contributed by atoms with Crippen molar-refractivity contribution in [2.75, 3.05) is 11.6 Å². The van der Waals surface area contributed by atoms with Gasteiger partial charge in [0, 0.05) is 17.2 Å². The summed E-state index contributed by atoms with van der Waals surface area (Å²) in [6.07, 6.45) is 0. The highest BCUT2D eigenvalue weighted by Crippen LogP contribution is 2.44. The van der Waals surface area contributed by atoms with Gasteiger partial charge in [-0.1, -0.05) is 12.1 Å². The molecule has 0 saturated carbocycles. The van der Waals surface area contributed by atoms with Gasteiger partial charge in [-0.25, -0.2) is 0 Å². The van der Waals surface area contributed by atoms with E-state index in [0.29, 0.717) is 13.2 Å². The zero-order valence-corrected chi connectivity index (χ0v) is 13.7. The maximum Gasteiger partial charge on any atom is 0.159 e. The van der Waals surface area contributed by atoms with Gasteiger partial charge >= 0.3 is 0 Å². The fourth-order valence-electron chi connectivity index (χ4n) is 4.15. The summed E-state index contributed by atoms with van der Waals surface area (Å²) in [7, 11) is 0. The smallest absolute Gasteiger partial charge is 0.159 e. The van der Waals surface area contributed by atoms with Crippen molar-refractivity contribution in [2.24, 2.45) is 0 Å². The molecule has 2 heterocycles. The normalized spacial score (nSPS) is 22.3. The second-order valence-corrected chi connectivity index (χ2v) is 7.05. The molecular weight excluding hydrogens is 272 g/mol. The summed E-state index contributed by atoms with van der Waals surface area (Å²) >= 11 is 0. The molecule has 4 rings (SSSR count). The average Bonchev–Trinajstić information content (AvgIpc) is 2.42. The number of nitrogens with zero attached hydrogens (tertiary/aromatic N) is 2. The molecule has 0 N–H and O–H groups in total. The van der Waals surface area contributed by atoms with Crippen LogP contribution in [0.3, 0.4) is 0 Å². The Kier molecular flexibility index (Phi) is 2.72. The Hall–Kier alpha value is -1.84. The third-order valence-electron chi connectivity index (χ3n) is 5.13. The summed E-state index contributed by atoms with van der Waals surface area (Å²) < 4.78 is -0.241. The van der Waals surface area contributed by atoms with Crippen LogP contribution in [0, 0.1) is 32.9 Å². The summed E-state index contributed by atoms with van der Waals surface area (Å²) in [6.45, 7) is 10.4. The van der Waals surface area contributed by atoms with Crippen LogP contribution >= 0.6 is 0 Å². The Labute approximate surface area is 132 Å². The van der Waals surface area contributed by atoms with E-state index in [1.807, 2.05) is 0 Å². The number of hydrogen-bond donors (Lipinski definition) is 0. The average molecular weight is 294 g/mol. The molecule has 0 aliphatic carbocycles. The van der Waals surface area contributed by atoms with E-state index < -0.39 is 0 Å². The largest absolute Gasteiger partial charge is 0.626 e. The highest BCUT2D eigenvalue weighted by atomic mass is 16.5. The minimum absolute atomic E-state index is 0.241. The molecule has 2 aliphatic rings. The number of hydroxylamine groups is 2. The monoisotopic (exact) mass is 294 g/mol. The van der Waals surface area contributed by atoms with Crippen molar-refractivity contribution in [3.05, 3.63) is 62.9 Å². The Balaban J connectivity index is 1.95. The highest BCUT2D eigenvalue weighted by Gasteiger charge is 2.39. The van der Waals surface area contributed by atoms with E-state index in [1.54, 1.807) is 0 Å².